The van der Waals surface area contributed by atoms with Gasteiger partial charge >= 0.3 is 0 Å². The zero-order valence-corrected chi connectivity index (χ0v) is 12.6. The van der Waals surface area contributed by atoms with Crippen LogP contribution in [-0.2, 0) is 0 Å². The lowest BCUT2D eigenvalue weighted by atomic mass is 9.84. The highest BCUT2D eigenvalue weighted by atomic mass is 35.5. The average Bonchev–Trinajstić information content (AvgIpc) is 2.61. The third-order valence-corrected chi connectivity index (χ3v) is 6.86. The van der Waals surface area contributed by atoms with Crippen LogP contribution in [0.15, 0.2) is 12.2 Å². The van der Waals surface area contributed by atoms with Crippen molar-refractivity contribution in [3.8, 4) is 0 Å². The summed E-state index contributed by atoms with van der Waals surface area (Å²) in [4.78, 5) is 0. The Hall–Kier alpha value is 0.537. The molecule has 0 heterocycles. The summed E-state index contributed by atoms with van der Waals surface area (Å²) in [6, 6.07) is 0. The summed E-state index contributed by atoms with van der Waals surface area (Å²) in [5, 5.41) is 0.0963. The molecule has 14 heavy (non-hydrogen) atoms. The quantitative estimate of drug-likeness (QED) is 0.401. The molecule has 0 aliphatic heterocycles. The number of hydrogen-bond donors (Lipinski definition) is 0. The van der Waals surface area contributed by atoms with E-state index in [4.69, 9.17) is 23.2 Å². The second-order valence-electron chi connectivity index (χ2n) is 5.76. The Morgan fingerprint density at radius 2 is 1.86 bits per heavy atom. The summed E-state index contributed by atoms with van der Waals surface area (Å²) < 4.78 is -0.524. The van der Waals surface area contributed by atoms with E-state index in [1.54, 1.807) is 0 Å². The lowest BCUT2D eigenvalue weighted by Gasteiger charge is -2.41. The van der Waals surface area contributed by atoms with Gasteiger partial charge in [-0.25, -0.2) is 0 Å². The Balaban J connectivity index is 2.20. The Labute approximate surface area is 99.5 Å². The molecule has 0 saturated heterocycles. The molecule has 2 bridgehead atoms. The molecule has 0 radical (unpaired) electrons. The lowest BCUT2D eigenvalue weighted by molar-refractivity contribution is 0.343. The molecule has 0 amide bonds. The monoisotopic (exact) mass is 248 g/mol. The van der Waals surface area contributed by atoms with Crippen molar-refractivity contribution in [3.05, 3.63) is 12.2 Å². The summed E-state index contributed by atoms with van der Waals surface area (Å²) in [7, 11) is 1.04. The van der Waals surface area contributed by atoms with Crippen LogP contribution < -0.4 is 0 Å². The molecular weight excluding hydrogens is 231 g/mol. The molecule has 0 spiro atoms. The second kappa shape index (κ2) is 3.26. The fourth-order valence-electron chi connectivity index (χ4n) is 2.75. The molecule has 3 atom stereocenters. The molecule has 0 aromatic heterocycles. The molecule has 2 aliphatic carbocycles. The highest BCUT2D eigenvalue weighted by Gasteiger charge is 2.52. The van der Waals surface area contributed by atoms with Crippen molar-refractivity contribution in [3.63, 3.8) is 0 Å². The van der Waals surface area contributed by atoms with Crippen molar-refractivity contribution >= 4 is 33.4 Å². The first-order valence-electron chi connectivity index (χ1n) is 5.38. The standard InChI is InChI=1S/C11H18Cl2Si/c1-10(2,14)11(12,13)9-6-7-3-4-8(9)5-7/h3-4,7-9H,5-6H2,1-2,14H3. The van der Waals surface area contributed by atoms with E-state index in [0.717, 1.165) is 16.2 Å². The van der Waals surface area contributed by atoms with Gasteiger partial charge in [0.05, 0.1) is 0 Å². The number of alkyl halides is 2. The average molecular weight is 249 g/mol. The largest absolute Gasteiger partial charge is 0.123 e. The van der Waals surface area contributed by atoms with Gasteiger partial charge in [0.2, 0.25) is 0 Å². The molecular formula is C11H18Cl2Si. The summed E-state index contributed by atoms with van der Waals surface area (Å²) in [5.41, 5.74) is 0. The highest BCUT2D eigenvalue weighted by molar-refractivity contribution is 6.52. The van der Waals surface area contributed by atoms with Crippen LogP contribution >= 0.6 is 23.2 Å². The number of hydrogen-bond acceptors (Lipinski definition) is 0. The zero-order chi connectivity index (χ0) is 10.6. The van der Waals surface area contributed by atoms with Gasteiger partial charge in [0, 0.05) is 10.2 Å². The van der Waals surface area contributed by atoms with E-state index in [2.05, 4.69) is 26.0 Å². The summed E-state index contributed by atoms with van der Waals surface area (Å²) >= 11 is 13.2. The minimum Gasteiger partial charge on any atom is -0.101 e. The van der Waals surface area contributed by atoms with E-state index in [0.29, 0.717) is 11.8 Å². The van der Waals surface area contributed by atoms with E-state index >= 15 is 0 Å². The van der Waals surface area contributed by atoms with Gasteiger partial charge in [0.25, 0.3) is 0 Å². The number of fused-ring (bicyclic) bond motifs is 2. The van der Waals surface area contributed by atoms with Crippen molar-refractivity contribution in [2.45, 2.75) is 36.1 Å². The Bertz CT molecular complexity index is 265. The van der Waals surface area contributed by atoms with Gasteiger partial charge in [-0.05, 0) is 35.6 Å². The van der Waals surface area contributed by atoms with Crippen LogP contribution in [0.25, 0.3) is 0 Å². The van der Waals surface area contributed by atoms with Crippen molar-refractivity contribution in [2.24, 2.45) is 17.8 Å². The molecule has 0 aromatic rings. The molecule has 2 aliphatic rings. The molecule has 2 rings (SSSR count). The predicted octanol–water partition coefficient (Wildman–Crippen LogP) is 2.94. The van der Waals surface area contributed by atoms with Crippen LogP contribution in [0.3, 0.4) is 0 Å². The van der Waals surface area contributed by atoms with Gasteiger partial charge in [-0.2, -0.15) is 0 Å². The van der Waals surface area contributed by atoms with Crippen molar-refractivity contribution in [1.82, 2.24) is 0 Å². The fraction of sp³-hybridized carbons (Fsp3) is 0.818. The van der Waals surface area contributed by atoms with E-state index in [-0.39, 0.29) is 5.04 Å². The van der Waals surface area contributed by atoms with E-state index in [9.17, 15) is 0 Å². The number of halogens is 2. The summed E-state index contributed by atoms with van der Waals surface area (Å²) in [6.45, 7) is 4.38. The molecule has 80 valence electrons. The summed E-state index contributed by atoms with van der Waals surface area (Å²) in [6.07, 6.45) is 7.14. The van der Waals surface area contributed by atoms with Crippen molar-refractivity contribution in [1.29, 1.82) is 0 Å². The number of allylic oxidation sites excluding steroid dienone is 2. The van der Waals surface area contributed by atoms with E-state index in [1.807, 2.05) is 0 Å². The van der Waals surface area contributed by atoms with Gasteiger partial charge in [-0.1, -0.05) is 26.0 Å². The van der Waals surface area contributed by atoms with Crippen LogP contribution in [0.2, 0.25) is 5.04 Å². The Kier molecular flexibility index (Phi) is 2.57. The second-order valence-corrected chi connectivity index (χ2v) is 9.65. The topological polar surface area (TPSA) is 0 Å². The molecule has 1 fully saturated rings. The Morgan fingerprint density at radius 1 is 1.21 bits per heavy atom. The SMILES string of the molecule is CC(C)([SiH3])C(Cl)(Cl)C1CC2C=CC1C2. The van der Waals surface area contributed by atoms with Gasteiger partial charge in [0.15, 0.2) is 0 Å². The van der Waals surface area contributed by atoms with Crippen LogP contribution in [-0.4, -0.2) is 14.6 Å². The molecule has 0 nitrogen and oxygen atoms in total. The van der Waals surface area contributed by atoms with Crippen molar-refractivity contribution in [2.75, 3.05) is 0 Å². The van der Waals surface area contributed by atoms with Gasteiger partial charge in [0.1, 0.15) is 4.33 Å². The van der Waals surface area contributed by atoms with Crippen LogP contribution in [0.5, 0.6) is 0 Å². The lowest BCUT2D eigenvalue weighted by Crippen LogP contribution is -2.38. The third-order valence-electron chi connectivity index (χ3n) is 3.74. The minimum absolute atomic E-state index is 0.0963. The molecule has 0 N–H and O–H groups in total. The van der Waals surface area contributed by atoms with Crippen molar-refractivity contribution < 1.29 is 0 Å². The maximum atomic E-state index is 6.58. The molecule has 1 saturated carbocycles. The van der Waals surface area contributed by atoms with Crippen LogP contribution in [0.4, 0.5) is 0 Å². The van der Waals surface area contributed by atoms with Crippen LogP contribution in [0, 0.1) is 17.8 Å². The highest BCUT2D eigenvalue weighted by Crippen LogP contribution is 2.59. The number of rotatable bonds is 2. The van der Waals surface area contributed by atoms with E-state index < -0.39 is 4.33 Å². The first kappa shape index (κ1) is 11.0. The minimum atomic E-state index is -0.524. The third kappa shape index (κ3) is 1.58. The molecule has 3 heteroatoms. The smallest absolute Gasteiger partial charge is 0.101 e. The maximum Gasteiger partial charge on any atom is 0.123 e. The predicted molar refractivity (Wildman–Crippen MR) is 67.3 cm³/mol. The Morgan fingerprint density at radius 3 is 2.21 bits per heavy atom. The van der Waals surface area contributed by atoms with E-state index in [1.165, 1.54) is 12.8 Å². The van der Waals surface area contributed by atoms with Gasteiger partial charge < -0.3 is 0 Å². The first-order valence-corrected chi connectivity index (χ1v) is 7.14. The zero-order valence-electron chi connectivity index (χ0n) is 9.06. The molecule has 0 aromatic carbocycles. The normalized spacial score (nSPS) is 37.0. The van der Waals surface area contributed by atoms with Gasteiger partial charge in [-0.15, -0.1) is 23.2 Å². The van der Waals surface area contributed by atoms with Gasteiger partial charge in [-0.3, -0.25) is 0 Å². The maximum absolute atomic E-state index is 6.58. The molecule has 3 unspecified atom stereocenters. The summed E-state index contributed by atoms with van der Waals surface area (Å²) in [5.74, 6) is 1.88. The van der Waals surface area contributed by atoms with Crippen LogP contribution in [0.1, 0.15) is 26.7 Å². The fourth-order valence-corrected chi connectivity index (χ4v) is 3.63. The first-order chi connectivity index (χ1) is 6.32.